The molecule has 0 unspecified atom stereocenters. The van der Waals surface area contributed by atoms with E-state index in [0.717, 1.165) is 4.57 Å². The van der Waals surface area contributed by atoms with Crippen LogP contribution >= 0.6 is 0 Å². The first-order valence-corrected chi connectivity index (χ1v) is 9.72. The van der Waals surface area contributed by atoms with Gasteiger partial charge in [0.25, 0.3) is 11.5 Å². The first-order valence-electron chi connectivity index (χ1n) is 9.72. The second-order valence-electron chi connectivity index (χ2n) is 7.03. The summed E-state index contributed by atoms with van der Waals surface area (Å²) in [5, 5.41) is 13.6. The summed E-state index contributed by atoms with van der Waals surface area (Å²) in [6.07, 6.45) is 1.45. The fourth-order valence-corrected chi connectivity index (χ4v) is 3.55. The highest BCUT2D eigenvalue weighted by atomic mass is 19.1. The smallest absolute Gasteiger partial charge is 0.273 e. The lowest BCUT2D eigenvalue weighted by molar-refractivity contribution is 0.102. The van der Waals surface area contributed by atoms with Crippen molar-refractivity contribution < 1.29 is 23.8 Å². The molecule has 160 valence electrons. The Bertz CT molecular complexity index is 1420. The second-order valence-corrected chi connectivity index (χ2v) is 7.03. The monoisotopic (exact) mass is 433 g/mol. The molecule has 0 saturated carbocycles. The minimum Gasteiger partial charge on any atom is -0.506 e. The molecule has 0 aliphatic carbocycles. The number of carbonyl (C=O) groups excluding carboxylic acids is 1. The van der Waals surface area contributed by atoms with E-state index in [9.17, 15) is 19.1 Å². The number of carbonyl (C=O) groups is 1. The number of hydrogen-bond donors (Lipinski definition) is 2. The lowest BCUT2D eigenvalue weighted by atomic mass is 10.1. The van der Waals surface area contributed by atoms with Crippen molar-refractivity contribution in [3.05, 3.63) is 82.5 Å². The molecular formula is C23H16FN3O5. The lowest BCUT2D eigenvalue weighted by Crippen LogP contribution is -2.29. The SMILES string of the molecule is O=C(Nc1ccc2c(c1)OCCO2)c1c(O)c2cccnc2n(-c2ccc(F)cc2)c1=O. The molecule has 3 heterocycles. The summed E-state index contributed by atoms with van der Waals surface area (Å²) in [6, 6.07) is 13.1. The first kappa shape index (κ1) is 19.6. The maximum atomic E-state index is 13.4. The number of benzene rings is 2. The highest BCUT2D eigenvalue weighted by molar-refractivity contribution is 6.09. The molecule has 9 heteroatoms. The van der Waals surface area contributed by atoms with Gasteiger partial charge in [0, 0.05) is 18.0 Å². The molecule has 0 fully saturated rings. The zero-order valence-corrected chi connectivity index (χ0v) is 16.5. The number of rotatable bonds is 3. The third-order valence-electron chi connectivity index (χ3n) is 5.02. The molecule has 5 rings (SSSR count). The van der Waals surface area contributed by atoms with Gasteiger partial charge >= 0.3 is 0 Å². The van der Waals surface area contributed by atoms with Crippen LogP contribution in [0.3, 0.4) is 0 Å². The topological polar surface area (TPSA) is 103 Å². The van der Waals surface area contributed by atoms with E-state index >= 15 is 0 Å². The van der Waals surface area contributed by atoms with Crippen LogP contribution in [0.1, 0.15) is 10.4 Å². The van der Waals surface area contributed by atoms with E-state index in [1.165, 1.54) is 36.5 Å². The van der Waals surface area contributed by atoms with Gasteiger partial charge < -0.3 is 19.9 Å². The number of pyridine rings is 2. The molecule has 1 amide bonds. The average Bonchev–Trinajstić information content (AvgIpc) is 2.80. The van der Waals surface area contributed by atoms with Gasteiger partial charge in [0.2, 0.25) is 0 Å². The number of halogens is 1. The molecule has 1 aliphatic rings. The van der Waals surface area contributed by atoms with Crippen LogP contribution in [0, 0.1) is 5.82 Å². The molecule has 2 N–H and O–H groups in total. The third kappa shape index (κ3) is 3.29. The Hall–Kier alpha value is -4.40. The zero-order valence-electron chi connectivity index (χ0n) is 16.5. The largest absolute Gasteiger partial charge is 0.506 e. The van der Waals surface area contributed by atoms with Crippen LogP contribution in [0.2, 0.25) is 0 Å². The van der Waals surface area contributed by atoms with E-state index in [2.05, 4.69) is 10.3 Å². The van der Waals surface area contributed by atoms with Crippen LogP contribution in [0.5, 0.6) is 17.2 Å². The van der Waals surface area contributed by atoms with Crippen LogP contribution < -0.4 is 20.3 Å². The summed E-state index contributed by atoms with van der Waals surface area (Å²) < 4.78 is 25.6. The number of anilines is 1. The maximum absolute atomic E-state index is 13.4. The van der Waals surface area contributed by atoms with Crippen molar-refractivity contribution in [3.8, 4) is 22.9 Å². The number of nitrogens with one attached hydrogen (secondary N) is 1. The molecule has 1 aliphatic heterocycles. The van der Waals surface area contributed by atoms with Gasteiger partial charge in [0.1, 0.15) is 30.3 Å². The standard InChI is InChI=1S/C23H16FN3O5/c24-13-3-6-15(7-4-13)27-21-16(2-1-9-25-21)20(28)19(23(27)30)22(29)26-14-5-8-17-18(12-14)32-11-10-31-17/h1-9,12,28H,10-11H2,(H,26,29). The molecule has 4 aromatic rings. The van der Waals surface area contributed by atoms with E-state index in [4.69, 9.17) is 9.47 Å². The minimum absolute atomic E-state index is 0.137. The van der Waals surface area contributed by atoms with Gasteiger partial charge in [-0.15, -0.1) is 0 Å². The summed E-state index contributed by atoms with van der Waals surface area (Å²) >= 11 is 0. The number of fused-ring (bicyclic) bond motifs is 2. The number of nitrogens with zero attached hydrogens (tertiary/aromatic N) is 2. The summed E-state index contributed by atoms with van der Waals surface area (Å²) in [5.41, 5.74) is -0.469. The number of aromatic nitrogens is 2. The predicted octanol–water partition coefficient (Wildman–Crippen LogP) is 3.25. The van der Waals surface area contributed by atoms with Crippen LogP contribution in [0.25, 0.3) is 16.7 Å². The molecular weight excluding hydrogens is 417 g/mol. The van der Waals surface area contributed by atoms with Crippen LogP contribution in [-0.4, -0.2) is 33.8 Å². The van der Waals surface area contributed by atoms with Gasteiger partial charge in [-0.2, -0.15) is 0 Å². The minimum atomic E-state index is -0.814. The van der Waals surface area contributed by atoms with E-state index in [0.29, 0.717) is 36.1 Å². The second kappa shape index (κ2) is 7.69. The Morgan fingerprint density at radius 3 is 2.59 bits per heavy atom. The van der Waals surface area contributed by atoms with Gasteiger partial charge in [0.15, 0.2) is 17.1 Å². The van der Waals surface area contributed by atoms with Gasteiger partial charge in [-0.25, -0.2) is 9.37 Å². The number of aromatic hydroxyl groups is 1. The molecule has 0 bridgehead atoms. The van der Waals surface area contributed by atoms with Crippen molar-refractivity contribution in [1.82, 2.24) is 9.55 Å². The highest BCUT2D eigenvalue weighted by Gasteiger charge is 2.24. The summed E-state index contributed by atoms with van der Waals surface area (Å²) in [7, 11) is 0. The molecule has 32 heavy (non-hydrogen) atoms. The molecule has 0 saturated heterocycles. The van der Waals surface area contributed by atoms with Crippen molar-refractivity contribution in [2.75, 3.05) is 18.5 Å². The van der Waals surface area contributed by atoms with E-state index < -0.39 is 28.6 Å². The van der Waals surface area contributed by atoms with Crippen molar-refractivity contribution in [1.29, 1.82) is 0 Å². The number of amides is 1. The highest BCUT2D eigenvalue weighted by Crippen LogP contribution is 2.33. The normalized spacial score (nSPS) is 12.5. The predicted molar refractivity (Wildman–Crippen MR) is 114 cm³/mol. The Labute approximate surface area is 180 Å². The van der Waals surface area contributed by atoms with Gasteiger partial charge in [-0.1, -0.05) is 0 Å². The van der Waals surface area contributed by atoms with E-state index in [1.807, 2.05) is 0 Å². The Morgan fingerprint density at radius 1 is 1.06 bits per heavy atom. The van der Waals surface area contributed by atoms with Crippen LogP contribution in [0.4, 0.5) is 10.1 Å². The first-order chi connectivity index (χ1) is 15.5. The fourth-order valence-electron chi connectivity index (χ4n) is 3.55. The third-order valence-corrected chi connectivity index (χ3v) is 5.02. The van der Waals surface area contributed by atoms with E-state index in [-0.39, 0.29) is 11.0 Å². The quantitative estimate of drug-likeness (QED) is 0.514. The molecule has 0 spiro atoms. The molecule has 0 radical (unpaired) electrons. The Balaban J connectivity index is 1.63. The Morgan fingerprint density at radius 2 is 1.81 bits per heavy atom. The Kier molecular flexibility index (Phi) is 4.70. The molecule has 2 aromatic heterocycles. The number of hydrogen-bond acceptors (Lipinski definition) is 6. The van der Waals surface area contributed by atoms with Crippen molar-refractivity contribution in [3.63, 3.8) is 0 Å². The molecule has 8 nitrogen and oxygen atoms in total. The summed E-state index contributed by atoms with van der Waals surface area (Å²) in [4.78, 5) is 30.6. The molecule has 0 atom stereocenters. The van der Waals surface area contributed by atoms with Crippen LogP contribution in [0.15, 0.2) is 65.6 Å². The number of ether oxygens (including phenoxy) is 2. The lowest BCUT2D eigenvalue weighted by Gasteiger charge is -2.19. The van der Waals surface area contributed by atoms with Crippen molar-refractivity contribution in [2.45, 2.75) is 0 Å². The zero-order chi connectivity index (χ0) is 22.2. The average molecular weight is 433 g/mol. The van der Waals surface area contributed by atoms with E-state index in [1.54, 1.807) is 24.3 Å². The summed E-state index contributed by atoms with van der Waals surface area (Å²) in [6.45, 7) is 0.811. The molecule has 2 aromatic carbocycles. The maximum Gasteiger partial charge on any atom is 0.273 e. The van der Waals surface area contributed by atoms with Crippen molar-refractivity contribution in [2.24, 2.45) is 0 Å². The summed E-state index contributed by atoms with van der Waals surface area (Å²) in [5.74, 6) is -0.774. The van der Waals surface area contributed by atoms with Gasteiger partial charge in [0.05, 0.1) is 11.1 Å². The van der Waals surface area contributed by atoms with Crippen molar-refractivity contribution >= 4 is 22.6 Å². The van der Waals surface area contributed by atoms with Gasteiger partial charge in [-0.3, -0.25) is 14.2 Å². The van der Waals surface area contributed by atoms with Crippen LogP contribution in [-0.2, 0) is 0 Å². The fraction of sp³-hybridized carbons (Fsp3) is 0.0870. The van der Waals surface area contributed by atoms with Gasteiger partial charge in [-0.05, 0) is 48.5 Å².